The molecule has 0 bridgehead atoms. The monoisotopic (exact) mass is 318 g/mol. The molecule has 0 amide bonds. The molecule has 1 unspecified atom stereocenters. The molecular formula is C14H10Cl3FO. The molecule has 1 nitrogen and oxygen atoms in total. The van der Waals surface area contributed by atoms with Gasteiger partial charge in [0.25, 0.3) is 0 Å². The molecule has 0 aromatic heterocycles. The van der Waals surface area contributed by atoms with E-state index in [1.165, 1.54) is 18.2 Å². The van der Waals surface area contributed by atoms with E-state index in [4.69, 9.17) is 34.8 Å². The Morgan fingerprint density at radius 2 is 1.63 bits per heavy atom. The first kappa shape index (κ1) is 14.6. The Labute approximate surface area is 125 Å². The predicted octanol–water partition coefficient (Wildman–Crippen LogP) is 5.06. The highest BCUT2D eigenvalue weighted by molar-refractivity contribution is 6.42. The molecule has 0 fully saturated rings. The lowest BCUT2D eigenvalue weighted by atomic mass is 10.0. The Balaban J connectivity index is 2.22. The number of halogens is 4. The van der Waals surface area contributed by atoms with Crippen molar-refractivity contribution in [2.45, 2.75) is 12.5 Å². The Morgan fingerprint density at radius 1 is 0.947 bits per heavy atom. The third-order valence-electron chi connectivity index (χ3n) is 2.73. The summed E-state index contributed by atoms with van der Waals surface area (Å²) in [7, 11) is 0. The summed E-state index contributed by atoms with van der Waals surface area (Å²) in [5, 5.41) is 11.3. The summed E-state index contributed by atoms with van der Waals surface area (Å²) in [4.78, 5) is 0. The van der Waals surface area contributed by atoms with Crippen LogP contribution in [0.5, 0.6) is 0 Å². The summed E-state index contributed by atoms with van der Waals surface area (Å²) in [6, 6.07) is 8.97. The van der Waals surface area contributed by atoms with E-state index in [1.54, 1.807) is 18.2 Å². The van der Waals surface area contributed by atoms with Crippen molar-refractivity contribution in [3.05, 3.63) is 68.4 Å². The standard InChI is InChI=1S/C14H10Cl3FO/c15-11-4-2-9(18)7-10(11)14(19)6-8-1-3-12(16)13(17)5-8/h1-5,7,14,19H,6H2. The van der Waals surface area contributed by atoms with E-state index >= 15 is 0 Å². The van der Waals surface area contributed by atoms with Crippen molar-refractivity contribution in [2.75, 3.05) is 0 Å². The van der Waals surface area contributed by atoms with Gasteiger partial charge in [0, 0.05) is 17.0 Å². The first-order valence-corrected chi connectivity index (χ1v) is 6.67. The van der Waals surface area contributed by atoms with Crippen LogP contribution >= 0.6 is 34.8 Å². The van der Waals surface area contributed by atoms with Crippen molar-refractivity contribution >= 4 is 34.8 Å². The first-order chi connectivity index (χ1) is 8.97. The molecule has 19 heavy (non-hydrogen) atoms. The molecular weight excluding hydrogens is 310 g/mol. The molecule has 0 radical (unpaired) electrons. The maximum atomic E-state index is 13.2. The van der Waals surface area contributed by atoms with Gasteiger partial charge in [-0.3, -0.25) is 0 Å². The highest BCUT2D eigenvalue weighted by atomic mass is 35.5. The molecule has 0 saturated carbocycles. The molecule has 0 spiro atoms. The van der Waals surface area contributed by atoms with Gasteiger partial charge in [-0.05, 0) is 35.9 Å². The quantitative estimate of drug-likeness (QED) is 0.838. The van der Waals surface area contributed by atoms with E-state index in [0.29, 0.717) is 20.6 Å². The molecule has 5 heteroatoms. The van der Waals surface area contributed by atoms with Gasteiger partial charge >= 0.3 is 0 Å². The molecule has 2 rings (SSSR count). The van der Waals surface area contributed by atoms with Crippen LogP contribution in [0.2, 0.25) is 15.1 Å². The van der Waals surface area contributed by atoms with Gasteiger partial charge in [0.2, 0.25) is 0 Å². The number of aliphatic hydroxyl groups excluding tert-OH is 1. The zero-order valence-corrected chi connectivity index (χ0v) is 12.0. The Hall–Kier alpha value is -0.800. The molecule has 2 aromatic carbocycles. The zero-order chi connectivity index (χ0) is 14.0. The van der Waals surface area contributed by atoms with E-state index in [1.807, 2.05) is 0 Å². The fourth-order valence-corrected chi connectivity index (χ4v) is 2.33. The minimum Gasteiger partial charge on any atom is -0.388 e. The van der Waals surface area contributed by atoms with Gasteiger partial charge < -0.3 is 5.11 Å². The van der Waals surface area contributed by atoms with Gasteiger partial charge in [0.15, 0.2) is 0 Å². The number of benzene rings is 2. The summed E-state index contributed by atoms with van der Waals surface area (Å²) in [5.41, 5.74) is 1.15. The normalized spacial score (nSPS) is 12.5. The maximum absolute atomic E-state index is 13.2. The third kappa shape index (κ3) is 3.61. The molecule has 0 heterocycles. The minimum absolute atomic E-state index is 0.278. The largest absolute Gasteiger partial charge is 0.388 e. The molecule has 0 saturated heterocycles. The SMILES string of the molecule is OC(Cc1ccc(Cl)c(Cl)c1)c1cc(F)ccc1Cl. The maximum Gasteiger partial charge on any atom is 0.123 e. The van der Waals surface area contributed by atoms with Crippen molar-refractivity contribution in [3.63, 3.8) is 0 Å². The fourth-order valence-electron chi connectivity index (χ4n) is 1.77. The van der Waals surface area contributed by atoms with E-state index in [2.05, 4.69) is 0 Å². The molecule has 0 aliphatic rings. The van der Waals surface area contributed by atoms with Gasteiger partial charge in [-0.25, -0.2) is 4.39 Å². The van der Waals surface area contributed by atoms with E-state index in [-0.39, 0.29) is 6.42 Å². The smallest absolute Gasteiger partial charge is 0.123 e. The minimum atomic E-state index is -0.902. The molecule has 2 aromatic rings. The Morgan fingerprint density at radius 3 is 2.32 bits per heavy atom. The molecule has 0 aliphatic carbocycles. The van der Waals surface area contributed by atoms with E-state index < -0.39 is 11.9 Å². The average Bonchev–Trinajstić information content (AvgIpc) is 2.36. The van der Waals surface area contributed by atoms with Crippen LogP contribution in [0.25, 0.3) is 0 Å². The first-order valence-electron chi connectivity index (χ1n) is 5.54. The highest BCUT2D eigenvalue weighted by Crippen LogP contribution is 2.29. The lowest BCUT2D eigenvalue weighted by Gasteiger charge is -2.13. The van der Waals surface area contributed by atoms with Gasteiger partial charge in [0.1, 0.15) is 5.82 Å². The lowest BCUT2D eigenvalue weighted by Crippen LogP contribution is -2.03. The summed E-state index contributed by atoms with van der Waals surface area (Å²) < 4.78 is 13.2. The summed E-state index contributed by atoms with van der Waals surface area (Å²) in [6.45, 7) is 0. The molecule has 1 atom stereocenters. The van der Waals surface area contributed by atoms with E-state index in [0.717, 1.165) is 5.56 Å². The predicted molar refractivity (Wildman–Crippen MR) is 76.5 cm³/mol. The van der Waals surface area contributed by atoms with Crippen LogP contribution in [0.4, 0.5) is 4.39 Å². The molecule has 0 aliphatic heterocycles. The van der Waals surface area contributed by atoms with Crippen molar-refractivity contribution in [1.82, 2.24) is 0 Å². The third-order valence-corrected chi connectivity index (χ3v) is 3.81. The lowest BCUT2D eigenvalue weighted by molar-refractivity contribution is 0.178. The van der Waals surface area contributed by atoms with Crippen LogP contribution in [-0.4, -0.2) is 5.11 Å². The Bertz CT molecular complexity index is 601. The van der Waals surface area contributed by atoms with Gasteiger partial charge in [-0.1, -0.05) is 40.9 Å². The number of rotatable bonds is 3. The molecule has 100 valence electrons. The van der Waals surface area contributed by atoms with Crippen LogP contribution in [-0.2, 0) is 6.42 Å². The van der Waals surface area contributed by atoms with Crippen LogP contribution in [0, 0.1) is 5.82 Å². The summed E-state index contributed by atoms with van der Waals surface area (Å²) >= 11 is 17.7. The number of aliphatic hydroxyl groups is 1. The Kier molecular flexibility index (Phi) is 4.69. The van der Waals surface area contributed by atoms with Gasteiger partial charge in [0.05, 0.1) is 16.1 Å². The topological polar surface area (TPSA) is 20.2 Å². The van der Waals surface area contributed by atoms with Crippen LogP contribution < -0.4 is 0 Å². The van der Waals surface area contributed by atoms with Crippen molar-refractivity contribution in [2.24, 2.45) is 0 Å². The van der Waals surface area contributed by atoms with Crippen molar-refractivity contribution in [3.8, 4) is 0 Å². The van der Waals surface area contributed by atoms with Crippen molar-refractivity contribution in [1.29, 1.82) is 0 Å². The fraction of sp³-hybridized carbons (Fsp3) is 0.143. The zero-order valence-electron chi connectivity index (χ0n) is 9.71. The van der Waals surface area contributed by atoms with Crippen LogP contribution in [0.3, 0.4) is 0 Å². The van der Waals surface area contributed by atoms with Gasteiger partial charge in [-0.15, -0.1) is 0 Å². The van der Waals surface area contributed by atoms with Crippen LogP contribution in [0.15, 0.2) is 36.4 Å². The summed E-state index contributed by atoms with van der Waals surface area (Å²) in [5.74, 6) is -0.437. The molecule has 1 N–H and O–H groups in total. The van der Waals surface area contributed by atoms with Crippen molar-refractivity contribution < 1.29 is 9.50 Å². The average molecular weight is 320 g/mol. The second kappa shape index (κ2) is 6.10. The second-order valence-electron chi connectivity index (χ2n) is 4.13. The number of hydrogen-bond acceptors (Lipinski definition) is 1. The second-order valence-corrected chi connectivity index (χ2v) is 5.36. The van der Waals surface area contributed by atoms with Gasteiger partial charge in [-0.2, -0.15) is 0 Å². The van der Waals surface area contributed by atoms with Crippen LogP contribution in [0.1, 0.15) is 17.2 Å². The highest BCUT2D eigenvalue weighted by Gasteiger charge is 2.14. The van der Waals surface area contributed by atoms with E-state index in [9.17, 15) is 9.50 Å². The number of hydrogen-bond donors (Lipinski definition) is 1. The summed E-state index contributed by atoms with van der Waals surface area (Å²) in [6.07, 6.45) is -0.625.